The Labute approximate surface area is 166 Å². The predicted molar refractivity (Wildman–Crippen MR) is 111 cm³/mol. The Hall–Kier alpha value is -2.77. The van der Waals surface area contributed by atoms with Crippen molar-refractivity contribution in [3.8, 4) is 0 Å². The van der Waals surface area contributed by atoms with Gasteiger partial charge in [0.05, 0.1) is 10.2 Å². The fourth-order valence-corrected chi connectivity index (χ4v) is 4.38. The van der Waals surface area contributed by atoms with Gasteiger partial charge in [-0.1, -0.05) is 23.5 Å². The Morgan fingerprint density at radius 3 is 2.82 bits per heavy atom. The summed E-state index contributed by atoms with van der Waals surface area (Å²) in [6.45, 7) is 4.67. The summed E-state index contributed by atoms with van der Waals surface area (Å²) >= 11 is 1.45. The van der Waals surface area contributed by atoms with Crippen LogP contribution < -0.4 is 10.6 Å². The highest BCUT2D eigenvalue weighted by Crippen LogP contribution is 2.29. The molecule has 3 aromatic rings. The number of fused-ring (bicyclic) bond motifs is 1. The SMILES string of the molecule is Cc1cc(C)c2nc(NC(=O)c3cccc(NC(=O)C4CCCO4)c3)sc2c1. The van der Waals surface area contributed by atoms with Gasteiger partial charge in [0.1, 0.15) is 6.10 Å². The smallest absolute Gasteiger partial charge is 0.257 e. The minimum Gasteiger partial charge on any atom is -0.368 e. The number of aromatic nitrogens is 1. The molecule has 6 nitrogen and oxygen atoms in total. The van der Waals surface area contributed by atoms with Crippen molar-refractivity contribution in [2.75, 3.05) is 17.2 Å². The maximum atomic E-state index is 12.7. The van der Waals surface area contributed by atoms with Gasteiger partial charge in [0.2, 0.25) is 0 Å². The summed E-state index contributed by atoms with van der Waals surface area (Å²) in [5.41, 5.74) is 4.19. The summed E-state index contributed by atoms with van der Waals surface area (Å²) in [5.74, 6) is -0.436. The largest absolute Gasteiger partial charge is 0.368 e. The second kappa shape index (κ2) is 7.69. The van der Waals surface area contributed by atoms with Crippen LogP contribution in [-0.4, -0.2) is 29.5 Å². The lowest BCUT2D eigenvalue weighted by molar-refractivity contribution is -0.124. The first-order valence-corrected chi connectivity index (χ1v) is 10.0. The fraction of sp³-hybridized carbons (Fsp3) is 0.286. The minimum atomic E-state index is -0.410. The zero-order valence-electron chi connectivity index (χ0n) is 15.7. The molecule has 1 saturated heterocycles. The lowest BCUT2D eigenvalue weighted by atomic mass is 10.1. The molecule has 28 heavy (non-hydrogen) atoms. The molecule has 0 spiro atoms. The molecule has 2 aromatic carbocycles. The third-order valence-electron chi connectivity index (χ3n) is 4.66. The first-order chi connectivity index (χ1) is 13.5. The van der Waals surface area contributed by atoms with Crippen LogP contribution in [-0.2, 0) is 9.53 Å². The molecule has 0 bridgehead atoms. The second-order valence-corrected chi connectivity index (χ2v) is 8.00. The first-order valence-electron chi connectivity index (χ1n) is 9.21. The highest BCUT2D eigenvalue weighted by atomic mass is 32.1. The van der Waals surface area contributed by atoms with E-state index in [1.165, 1.54) is 16.9 Å². The summed E-state index contributed by atoms with van der Waals surface area (Å²) in [4.78, 5) is 29.4. The molecular formula is C21H21N3O3S. The van der Waals surface area contributed by atoms with Gasteiger partial charge in [-0.25, -0.2) is 4.98 Å². The van der Waals surface area contributed by atoms with E-state index in [9.17, 15) is 9.59 Å². The van der Waals surface area contributed by atoms with Crippen molar-refractivity contribution >= 4 is 44.2 Å². The molecule has 1 fully saturated rings. The molecule has 2 N–H and O–H groups in total. The number of nitrogens with one attached hydrogen (secondary N) is 2. The minimum absolute atomic E-state index is 0.174. The van der Waals surface area contributed by atoms with Gasteiger partial charge in [-0.05, 0) is 62.1 Å². The molecule has 7 heteroatoms. The van der Waals surface area contributed by atoms with Crippen molar-refractivity contribution in [3.63, 3.8) is 0 Å². The fourth-order valence-electron chi connectivity index (χ4n) is 3.34. The summed E-state index contributed by atoms with van der Waals surface area (Å²) in [6, 6.07) is 11.0. The highest BCUT2D eigenvalue weighted by molar-refractivity contribution is 7.22. The van der Waals surface area contributed by atoms with Crippen LogP contribution in [0.5, 0.6) is 0 Å². The number of amides is 2. The Morgan fingerprint density at radius 1 is 1.18 bits per heavy atom. The van der Waals surface area contributed by atoms with Crippen LogP contribution in [0.1, 0.15) is 34.3 Å². The number of aryl methyl sites for hydroxylation is 2. The van der Waals surface area contributed by atoms with Gasteiger partial charge >= 0.3 is 0 Å². The predicted octanol–water partition coefficient (Wildman–Crippen LogP) is 4.28. The van der Waals surface area contributed by atoms with E-state index in [-0.39, 0.29) is 11.8 Å². The molecule has 0 radical (unpaired) electrons. The van der Waals surface area contributed by atoms with Crippen molar-refractivity contribution in [3.05, 3.63) is 53.1 Å². The van der Waals surface area contributed by atoms with E-state index in [2.05, 4.69) is 27.8 Å². The lowest BCUT2D eigenvalue weighted by Crippen LogP contribution is -2.27. The number of hydrogen-bond acceptors (Lipinski definition) is 5. The summed E-state index contributed by atoms with van der Waals surface area (Å²) in [5, 5.41) is 6.24. The molecule has 2 heterocycles. The maximum Gasteiger partial charge on any atom is 0.257 e. The number of anilines is 2. The number of carbonyl (C=O) groups is 2. The topological polar surface area (TPSA) is 80.3 Å². The molecule has 1 aliphatic heterocycles. The standard InChI is InChI=1S/C21H21N3O3S/c1-12-9-13(2)18-17(10-12)28-21(23-18)24-19(25)14-5-3-6-15(11-14)22-20(26)16-7-4-8-27-16/h3,5-6,9-11,16H,4,7-8H2,1-2H3,(H,22,26)(H,23,24,25). The van der Waals surface area contributed by atoms with Gasteiger partial charge in [-0.15, -0.1) is 0 Å². The Kier molecular flexibility index (Phi) is 5.11. The van der Waals surface area contributed by atoms with Crippen molar-refractivity contribution < 1.29 is 14.3 Å². The van der Waals surface area contributed by atoms with E-state index in [1.807, 2.05) is 13.8 Å². The number of thiazole rings is 1. The maximum absolute atomic E-state index is 12.7. The number of hydrogen-bond donors (Lipinski definition) is 2. The third kappa shape index (κ3) is 3.90. The van der Waals surface area contributed by atoms with E-state index in [1.54, 1.807) is 24.3 Å². The molecular weight excluding hydrogens is 374 g/mol. The van der Waals surface area contributed by atoms with Gasteiger partial charge in [0, 0.05) is 17.9 Å². The molecule has 0 aliphatic carbocycles. The molecule has 4 rings (SSSR count). The Morgan fingerprint density at radius 2 is 2.04 bits per heavy atom. The van der Waals surface area contributed by atoms with E-state index >= 15 is 0 Å². The molecule has 144 valence electrons. The van der Waals surface area contributed by atoms with Crippen molar-refractivity contribution in [1.29, 1.82) is 0 Å². The van der Waals surface area contributed by atoms with Crippen molar-refractivity contribution in [2.45, 2.75) is 32.8 Å². The van der Waals surface area contributed by atoms with Crippen LogP contribution in [0, 0.1) is 13.8 Å². The Bertz CT molecular complexity index is 1050. The average molecular weight is 395 g/mol. The number of nitrogens with zero attached hydrogens (tertiary/aromatic N) is 1. The van der Waals surface area contributed by atoms with Crippen molar-refractivity contribution in [1.82, 2.24) is 4.98 Å². The number of rotatable bonds is 4. The summed E-state index contributed by atoms with van der Waals surface area (Å²) in [7, 11) is 0. The molecule has 1 aliphatic rings. The van der Waals surface area contributed by atoms with E-state index < -0.39 is 6.10 Å². The zero-order valence-corrected chi connectivity index (χ0v) is 16.6. The first kappa shape index (κ1) is 18.6. The third-order valence-corrected chi connectivity index (χ3v) is 5.58. The molecule has 1 unspecified atom stereocenters. The van der Waals surface area contributed by atoms with Gasteiger partial charge in [-0.3, -0.25) is 14.9 Å². The second-order valence-electron chi connectivity index (χ2n) is 6.97. The average Bonchev–Trinajstić information content (AvgIpc) is 3.31. The molecule has 1 atom stereocenters. The lowest BCUT2D eigenvalue weighted by Gasteiger charge is -2.11. The molecule has 2 amide bonds. The number of ether oxygens (including phenoxy) is 1. The highest BCUT2D eigenvalue weighted by Gasteiger charge is 2.23. The van der Waals surface area contributed by atoms with Crippen LogP contribution in [0.25, 0.3) is 10.2 Å². The van der Waals surface area contributed by atoms with E-state index in [4.69, 9.17) is 4.74 Å². The molecule has 0 saturated carbocycles. The number of carbonyl (C=O) groups excluding carboxylic acids is 2. The van der Waals surface area contributed by atoms with E-state index in [0.717, 1.165) is 28.6 Å². The van der Waals surface area contributed by atoms with Gasteiger partial charge in [-0.2, -0.15) is 0 Å². The summed E-state index contributed by atoms with van der Waals surface area (Å²) in [6.07, 6.45) is 1.21. The van der Waals surface area contributed by atoms with Crippen LogP contribution in [0.3, 0.4) is 0 Å². The van der Waals surface area contributed by atoms with Crippen LogP contribution in [0.4, 0.5) is 10.8 Å². The van der Waals surface area contributed by atoms with Crippen LogP contribution >= 0.6 is 11.3 Å². The number of benzene rings is 2. The zero-order chi connectivity index (χ0) is 19.7. The quantitative estimate of drug-likeness (QED) is 0.691. The normalized spacial score (nSPS) is 16.3. The summed E-state index contributed by atoms with van der Waals surface area (Å²) < 4.78 is 6.44. The monoisotopic (exact) mass is 395 g/mol. The van der Waals surface area contributed by atoms with Gasteiger partial charge in [0.25, 0.3) is 11.8 Å². The molecule has 1 aromatic heterocycles. The van der Waals surface area contributed by atoms with Crippen LogP contribution in [0.2, 0.25) is 0 Å². The van der Waals surface area contributed by atoms with Crippen LogP contribution in [0.15, 0.2) is 36.4 Å². The van der Waals surface area contributed by atoms with E-state index in [0.29, 0.717) is 23.0 Å². The van der Waals surface area contributed by atoms with Gasteiger partial charge < -0.3 is 10.1 Å². The Balaban J connectivity index is 1.49. The van der Waals surface area contributed by atoms with Gasteiger partial charge in [0.15, 0.2) is 5.13 Å². The van der Waals surface area contributed by atoms with Crippen molar-refractivity contribution in [2.24, 2.45) is 0 Å².